The smallest absolute Gasteiger partial charge is 0.336 e. The van der Waals surface area contributed by atoms with Gasteiger partial charge in [-0.2, -0.15) is 0 Å². The minimum absolute atomic E-state index is 0.277. The van der Waals surface area contributed by atoms with Crippen LogP contribution in [0, 0.1) is 0 Å². The molecule has 3 nitrogen and oxygen atoms in total. The summed E-state index contributed by atoms with van der Waals surface area (Å²) in [6, 6.07) is 18.7. The minimum Gasteiger partial charge on any atom is -0.478 e. The van der Waals surface area contributed by atoms with Gasteiger partial charge >= 0.3 is 5.97 Å². The molecule has 0 aliphatic rings. The fraction of sp³-hybridized carbons (Fsp3) is 0. The summed E-state index contributed by atoms with van der Waals surface area (Å²) in [5, 5.41) is 10.4. The SMILES string of the molecule is O=C(O)/C(=C\c1ccc2ncccc2c1)c1ccccc1. The molecule has 0 fully saturated rings. The van der Waals surface area contributed by atoms with Gasteiger partial charge in [0.15, 0.2) is 0 Å². The van der Waals surface area contributed by atoms with Crippen LogP contribution in [-0.4, -0.2) is 16.1 Å². The Balaban J connectivity index is 2.09. The number of aromatic nitrogens is 1. The maximum Gasteiger partial charge on any atom is 0.336 e. The zero-order valence-electron chi connectivity index (χ0n) is 11.2. The maximum absolute atomic E-state index is 11.5. The summed E-state index contributed by atoms with van der Waals surface area (Å²) in [4.78, 5) is 15.7. The van der Waals surface area contributed by atoms with E-state index in [1.54, 1.807) is 24.4 Å². The van der Waals surface area contributed by atoms with Gasteiger partial charge < -0.3 is 5.11 Å². The molecule has 0 radical (unpaired) electrons. The molecule has 0 aliphatic heterocycles. The van der Waals surface area contributed by atoms with Gasteiger partial charge in [-0.1, -0.05) is 42.5 Å². The second kappa shape index (κ2) is 5.59. The van der Waals surface area contributed by atoms with Crippen molar-refractivity contribution in [2.75, 3.05) is 0 Å². The van der Waals surface area contributed by atoms with E-state index in [0.717, 1.165) is 16.5 Å². The van der Waals surface area contributed by atoms with Crippen LogP contribution in [0.5, 0.6) is 0 Å². The van der Waals surface area contributed by atoms with E-state index in [9.17, 15) is 9.90 Å². The van der Waals surface area contributed by atoms with Crippen LogP contribution in [0.25, 0.3) is 22.6 Å². The summed E-state index contributed by atoms with van der Waals surface area (Å²) < 4.78 is 0. The van der Waals surface area contributed by atoms with E-state index in [0.29, 0.717) is 5.56 Å². The van der Waals surface area contributed by atoms with Crippen molar-refractivity contribution < 1.29 is 9.90 Å². The lowest BCUT2D eigenvalue weighted by Crippen LogP contribution is -1.99. The Labute approximate surface area is 122 Å². The third kappa shape index (κ3) is 2.82. The minimum atomic E-state index is -0.938. The average molecular weight is 275 g/mol. The molecule has 0 aliphatic carbocycles. The number of carbonyl (C=O) groups is 1. The molecule has 3 rings (SSSR count). The lowest BCUT2D eigenvalue weighted by molar-refractivity contribution is -0.130. The quantitative estimate of drug-likeness (QED) is 0.583. The van der Waals surface area contributed by atoms with Gasteiger partial charge in [-0.25, -0.2) is 4.79 Å². The number of benzene rings is 2. The van der Waals surface area contributed by atoms with Gasteiger partial charge in [-0.05, 0) is 35.4 Å². The van der Waals surface area contributed by atoms with Crippen molar-refractivity contribution in [2.24, 2.45) is 0 Å². The summed E-state index contributed by atoms with van der Waals surface area (Å²) in [5.41, 5.74) is 2.71. The van der Waals surface area contributed by atoms with Gasteiger partial charge in [0.25, 0.3) is 0 Å². The predicted molar refractivity (Wildman–Crippen MR) is 83.7 cm³/mol. The lowest BCUT2D eigenvalue weighted by Gasteiger charge is -2.04. The molecule has 0 saturated carbocycles. The first-order valence-electron chi connectivity index (χ1n) is 6.59. The average Bonchev–Trinajstić information content (AvgIpc) is 2.53. The van der Waals surface area contributed by atoms with Crippen LogP contribution >= 0.6 is 0 Å². The molecule has 0 saturated heterocycles. The van der Waals surface area contributed by atoms with Crippen molar-refractivity contribution in [3.05, 3.63) is 78.0 Å². The van der Waals surface area contributed by atoms with Crippen LogP contribution in [0.15, 0.2) is 66.9 Å². The van der Waals surface area contributed by atoms with E-state index >= 15 is 0 Å². The van der Waals surface area contributed by atoms with Crippen LogP contribution in [0.4, 0.5) is 0 Å². The normalized spacial score (nSPS) is 11.5. The molecule has 1 heterocycles. The fourth-order valence-corrected chi connectivity index (χ4v) is 2.24. The fourth-order valence-electron chi connectivity index (χ4n) is 2.24. The zero-order valence-corrected chi connectivity index (χ0v) is 11.2. The number of hydrogen-bond donors (Lipinski definition) is 1. The number of hydrogen-bond acceptors (Lipinski definition) is 2. The van der Waals surface area contributed by atoms with E-state index in [1.807, 2.05) is 48.5 Å². The Morgan fingerprint density at radius 1 is 1.00 bits per heavy atom. The number of rotatable bonds is 3. The molecule has 3 heteroatoms. The molecule has 0 unspecified atom stereocenters. The number of pyridine rings is 1. The highest BCUT2D eigenvalue weighted by molar-refractivity contribution is 6.20. The molecule has 1 N–H and O–H groups in total. The van der Waals surface area contributed by atoms with E-state index in [4.69, 9.17) is 0 Å². The van der Waals surface area contributed by atoms with Crippen LogP contribution in [0.3, 0.4) is 0 Å². The summed E-state index contributed by atoms with van der Waals surface area (Å²) in [7, 11) is 0. The Hall–Kier alpha value is -2.94. The highest BCUT2D eigenvalue weighted by Crippen LogP contribution is 2.21. The second-order valence-electron chi connectivity index (χ2n) is 4.68. The monoisotopic (exact) mass is 275 g/mol. The molecular weight excluding hydrogens is 262 g/mol. The van der Waals surface area contributed by atoms with Crippen LogP contribution in [-0.2, 0) is 4.79 Å². The molecule has 0 spiro atoms. The van der Waals surface area contributed by atoms with Crippen molar-refractivity contribution in [1.82, 2.24) is 4.98 Å². The number of carboxylic acid groups (broad SMARTS) is 1. The van der Waals surface area contributed by atoms with Gasteiger partial charge in [0.1, 0.15) is 0 Å². The van der Waals surface area contributed by atoms with E-state index in [-0.39, 0.29) is 5.57 Å². The third-order valence-corrected chi connectivity index (χ3v) is 3.25. The standard InChI is InChI=1S/C18H13NO2/c20-18(21)16(14-5-2-1-3-6-14)12-13-8-9-17-15(11-13)7-4-10-19-17/h1-12H,(H,20,21)/b16-12-. The number of nitrogens with zero attached hydrogens (tertiary/aromatic N) is 1. The molecular formula is C18H13NO2. The second-order valence-corrected chi connectivity index (χ2v) is 4.68. The summed E-state index contributed by atoms with van der Waals surface area (Å²) >= 11 is 0. The topological polar surface area (TPSA) is 50.2 Å². The Bertz CT molecular complexity index is 823. The Morgan fingerprint density at radius 3 is 2.57 bits per heavy atom. The largest absolute Gasteiger partial charge is 0.478 e. The highest BCUT2D eigenvalue weighted by atomic mass is 16.4. The molecule has 3 aromatic rings. The molecule has 102 valence electrons. The van der Waals surface area contributed by atoms with Crippen molar-refractivity contribution in [1.29, 1.82) is 0 Å². The Kier molecular flexibility index (Phi) is 3.48. The molecule has 2 aromatic carbocycles. The molecule has 0 amide bonds. The van der Waals surface area contributed by atoms with Crippen molar-refractivity contribution in [2.45, 2.75) is 0 Å². The maximum atomic E-state index is 11.5. The van der Waals surface area contributed by atoms with Crippen molar-refractivity contribution in [3.8, 4) is 0 Å². The third-order valence-electron chi connectivity index (χ3n) is 3.25. The first-order valence-corrected chi connectivity index (χ1v) is 6.59. The number of aliphatic carboxylic acids is 1. The van der Waals surface area contributed by atoms with E-state index < -0.39 is 5.97 Å². The van der Waals surface area contributed by atoms with Crippen LogP contribution in [0.1, 0.15) is 11.1 Å². The molecule has 0 bridgehead atoms. The summed E-state index contributed by atoms with van der Waals surface area (Å²) in [5.74, 6) is -0.938. The number of fused-ring (bicyclic) bond motifs is 1. The van der Waals surface area contributed by atoms with Gasteiger partial charge in [0.05, 0.1) is 11.1 Å². The van der Waals surface area contributed by atoms with Gasteiger partial charge in [-0.3, -0.25) is 4.98 Å². The summed E-state index contributed by atoms with van der Waals surface area (Å²) in [6.45, 7) is 0. The van der Waals surface area contributed by atoms with Crippen LogP contribution in [0.2, 0.25) is 0 Å². The van der Waals surface area contributed by atoms with Crippen molar-refractivity contribution >= 4 is 28.5 Å². The van der Waals surface area contributed by atoms with Gasteiger partial charge in [0.2, 0.25) is 0 Å². The predicted octanol–water partition coefficient (Wildman–Crippen LogP) is 3.86. The number of carboxylic acids is 1. The first-order chi connectivity index (χ1) is 10.2. The molecule has 0 atom stereocenters. The van der Waals surface area contributed by atoms with Crippen LogP contribution < -0.4 is 0 Å². The molecule has 21 heavy (non-hydrogen) atoms. The van der Waals surface area contributed by atoms with E-state index in [1.165, 1.54) is 0 Å². The lowest BCUT2D eigenvalue weighted by atomic mass is 10.0. The molecule has 1 aromatic heterocycles. The van der Waals surface area contributed by atoms with E-state index in [2.05, 4.69) is 4.98 Å². The highest BCUT2D eigenvalue weighted by Gasteiger charge is 2.10. The first kappa shape index (κ1) is 13.1. The zero-order chi connectivity index (χ0) is 14.7. The summed E-state index contributed by atoms with van der Waals surface area (Å²) in [6.07, 6.45) is 3.43. The van der Waals surface area contributed by atoms with Gasteiger partial charge in [0, 0.05) is 11.6 Å². The van der Waals surface area contributed by atoms with Crippen molar-refractivity contribution in [3.63, 3.8) is 0 Å². The Morgan fingerprint density at radius 2 is 1.81 bits per heavy atom. The van der Waals surface area contributed by atoms with Gasteiger partial charge in [-0.15, -0.1) is 0 Å².